The van der Waals surface area contributed by atoms with Gasteiger partial charge in [-0.25, -0.2) is 14.2 Å². The first-order valence-corrected chi connectivity index (χ1v) is 13.9. The Labute approximate surface area is 236 Å². The van der Waals surface area contributed by atoms with Crippen molar-refractivity contribution in [3.63, 3.8) is 0 Å². The van der Waals surface area contributed by atoms with E-state index in [1.807, 2.05) is 73.6 Å². The van der Waals surface area contributed by atoms with Crippen molar-refractivity contribution in [1.82, 2.24) is 9.97 Å². The summed E-state index contributed by atoms with van der Waals surface area (Å²) in [6.45, 7) is 1.93. The molecule has 9 heteroatoms. The average Bonchev–Trinajstić information content (AvgIpc) is 2.96. The number of anilines is 2. The molecule has 1 aromatic heterocycles. The van der Waals surface area contributed by atoms with Gasteiger partial charge in [0.25, 0.3) is 5.56 Å². The number of rotatable bonds is 8. The average molecular weight is 557 g/mol. The number of carbonyl (C=O) groups excluding carboxylic acids is 1. The van der Waals surface area contributed by atoms with E-state index in [1.165, 1.54) is 17.8 Å². The highest BCUT2D eigenvalue weighted by Crippen LogP contribution is 2.43. The highest BCUT2D eigenvalue weighted by Gasteiger charge is 2.38. The van der Waals surface area contributed by atoms with Crippen LogP contribution in [0.25, 0.3) is 5.70 Å². The Morgan fingerprint density at radius 3 is 2.40 bits per heavy atom. The van der Waals surface area contributed by atoms with Crippen LogP contribution in [0.2, 0.25) is 0 Å². The number of esters is 1. The Kier molecular flexibility index (Phi) is 8.02. The third-order valence-corrected chi connectivity index (χ3v) is 7.57. The number of nitrogens with zero attached hydrogens (tertiary/aromatic N) is 2. The number of halogens is 1. The van der Waals surface area contributed by atoms with Crippen LogP contribution in [0.1, 0.15) is 35.1 Å². The summed E-state index contributed by atoms with van der Waals surface area (Å²) in [6, 6.07) is 23.7. The Balaban J connectivity index is 1.66. The molecule has 2 heterocycles. The Bertz CT molecular complexity index is 1620. The second-order valence-corrected chi connectivity index (χ2v) is 10.4. The van der Waals surface area contributed by atoms with Crippen LogP contribution in [0.4, 0.5) is 15.9 Å². The molecular formula is C31H29FN4O3S. The molecule has 0 spiro atoms. The number of nitrogens with one attached hydrogen (secondary N) is 2. The quantitative estimate of drug-likeness (QED) is 0.161. The molecule has 0 aliphatic carbocycles. The van der Waals surface area contributed by atoms with Crippen LogP contribution in [-0.2, 0) is 15.3 Å². The number of H-pyrrole nitrogens is 1. The number of thioether (sulfide) groups is 1. The smallest absolute Gasteiger partial charge is 0.337 e. The molecule has 5 rings (SSSR count). The van der Waals surface area contributed by atoms with E-state index >= 15 is 0 Å². The molecule has 1 atom stereocenters. The van der Waals surface area contributed by atoms with Crippen LogP contribution < -0.4 is 15.8 Å². The molecule has 0 saturated heterocycles. The van der Waals surface area contributed by atoms with E-state index in [4.69, 9.17) is 9.72 Å². The molecule has 1 unspecified atom stereocenters. The van der Waals surface area contributed by atoms with E-state index in [0.717, 1.165) is 16.8 Å². The number of carbonyl (C=O) groups is 1. The molecular weight excluding hydrogens is 527 g/mol. The molecule has 0 amide bonds. The van der Waals surface area contributed by atoms with E-state index in [0.29, 0.717) is 39.1 Å². The van der Waals surface area contributed by atoms with E-state index in [2.05, 4.69) is 10.3 Å². The van der Waals surface area contributed by atoms with Crippen molar-refractivity contribution in [2.45, 2.75) is 23.8 Å². The van der Waals surface area contributed by atoms with Crippen LogP contribution in [0.15, 0.2) is 94.4 Å². The van der Waals surface area contributed by atoms with Crippen LogP contribution >= 0.6 is 11.8 Å². The minimum Gasteiger partial charge on any atom is -0.463 e. The third-order valence-electron chi connectivity index (χ3n) is 6.65. The van der Waals surface area contributed by atoms with Crippen LogP contribution in [-0.4, -0.2) is 36.6 Å². The van der Waals surface area contributed by atoms with Gasteiger partial charge < -0.3 is 19.9 Å². The molecule has 40 heavy (non-hydrogen) atoms. The molecule has 0 radical (unpaired) electrons. The fraction of sp³-hybridized carbons (Fsp3) is 0.194. The van der Waals surface area contributed by atoms with Gasteiger partial charge >= 0.3 is 5.97 Å². The predicted octanol–water partition coefficient (Wildman–Crippen LogP) is 5.80. The summed E-state index contributed by atoms with van der Waals surface area (Å²) in [5.41, 5.74) is 3.79. The minimum absolute atomic E-state index is 0.184. The van der Waals surface area contributed by atoms with Crippen molar-refractivity contribution in [2.24, 2.45) is 0 Å². The topological polar surface area (TPSA) is 87.3 Å². The lowest BCUT2D eigenvalue weighted by Crippen LogP contribution is -2.31. The van der Waals surface area contributed by atoms with Gasteiger partial charge in [0.1, 0.15) is 11.6 Å². The summed E-state index contributed by atoms with van der Waals surface area (Å²) >= 11 is 1.23. The summed E-state index contributed by atoms with van der Waals surface area (Å²) in [5, 5.41) is 3.62. The number of ether oxygens (including phenoxy) is 1. The first-order valence-electron chi connectivity index (χ1n) is 12.9. The van der Waals surface area contributed by atoms with Gasteiger partial charge in [0.05, 0.1) is 29.4 Å². The highest BCUT2D eigenvalue weighted by atomic mass is 32.2. The summed E-state index contributed by atoms with van der Waals surface area (Å²) in [7, 11) is 3.89. The maximum Gasteiger partial charge on any atom is 0.337 e. The van der Waals surface area contributed by atoms with Crippen molar-refractivity contribution in [2.75, 3.05) is 30.9 Å². The highest BCUT2D eigenvalue weighted by molar-refractivity contribution is 7.98. The lowest BCUT2D eigenvalue weighted by molar-refractivity contribution is -0.138. The van der Waals surface area contributed by atoms with Crippen LogP contribution in [0.3, 0.4) is 0 Å². The molecule has 0 fully saturated rings. The molecule has 204 valence electrons. The van der Waals surface area contributed by atoms with Gasteiger partial charge in [-0.3, -0.25) is 4.79 Å². The normalized spacial score (nSPS) is 14.3. The van der Waals surface area contributed by atoms with Crippen molar-refractivity contribution in [3.05, 3.63) is 123 Å². The van der Waals surface area contributed by atoms with Gasteiger partial charge in [0, 0.05) is 25.5 Å². The first kappa shape index (κ1) is 27.2. The Hall–Kier alpha value is -4.37. The van der Waals surface area contributed by atoms with E-state index in [1.54, 1.807) is 25.1 Å². The van der Waals surface area contributed by atoms with Gasteiger partial charge in [-0.2, -0.15) is 0 Å². The number of fused-ring (bicyclic) bond motifs is 1. The van der Waals surface area contributed by atoms with E-state index in [-0.39, 0.29) is 18.0 Å². The fourth-order valence-corrected chi connectivity index (χ4v) is 5.54. The summed E-state index contributed by atoms with van der Waals surface area (Å²) in [6.07, 6.45) is 0. The third kappa shape index (κ3) is 5.51. The van der Waals surface area contributed by atoms with E-state index < -0.39 is 11.9 Å². The summed E-state index contributed by atoms with van der Waals surface area (Å²) in [5.74, 6) is -0.933. The maximum absolute atomic E-state index is 14.2. The zero-order chi connectivity index (χ0) is 28.2. The number of hydrogen-bond donors (Lipinski definition) is 2. The summed E-state index contributed by atoms with van der Waals surface area (Å²) in [4.78, 5) is 36.8. The molecule has 7 nitrogen and oxygen atoms in total. The van der Waals surface area contributed by atoms with Crippen molar-refractivity contribution < 1.29 is 13.9 Å². The molecule has 3 aromatic carbocycles. The molecule has 0 saturated carbocycles. The maximum atomic E-state index is 14.2. The zero-order valence-electron chi connectivity index (χ0n) is 22.4. The largest absolute Gasteiger partial charge is 0.463 e. The van der Waals surface area contributed by atoms with E-state index in [9.17, 15) is 14.0 Å². The number of hydrogen-bond acceptors (Lipinski definition) is 7. The van der Waals surface area contributed by atoms with Gasteiger partial charge in [0.2, 0.25) is 0 Å². The van der Waals surface area contributed by atoms with Crippen molar-refractivity contribution in [3.8, 4) is 0 Å². The number of benzene rings is 3. The van der Waals surface area contributed by atoms with Crippen molar-refractivity contribution >= 4 is 34.9 Å². The summed E-state index contributed by atoms with van der Waals surface area (Å²) < 4.78 is 19.7. The van der Waals surface area contributed by atoms with Gasteiger partial charge in [0.15, 0.2) is 5.16 Å². The van der Waals surface area contributed by atoms with Gasteiger partial charge in [-0.05, 0) is 41.8 Å². The molecule has 1 aliphatic heterocycles. The monoisotopic (exact) mass is 556 g/mol. The van der Waals surface area contributed by atoms with Crippen LogP contribution in [0.5, 0.6) is 0 Å². The second-order valence-electron chi connectivity index (χ2n) is 9.43. The lowest BCUT2D eigenvalue weighted by Gasteiger charge is -2.30. The van der Waals surface area contributed by atoms with Gasteiger partial charge in [-0.1, -0.05) is 72.4 Å². The number of aromatic amines is 1. The Morgan fingerprint density at radius 2 is 1.73 bits per heavy atom. The van der Waals surface area contributed by atoms with Crippen LogP contribution in [0, 0.1) is 5.82 Å². The van der Waals surface area contributed by atoms with Crippen molar-refractivity contribution in [1.29, 1.82) is 0 Å². The number of aromatic nitrogens is 2. The molecule has 2 N–H and O–H groups in total. The first-order chi connectivity index (χ1) is 19.4. The predicted molar refractivity (Wildman–Crippen MR) is 157 cm³/mol. The molecule has 4 aromatic rings. The Morgan fingerprint density at radius 1 is 1.02 bits per heavy atom. The second kappa shape index (κ2) is 11.8. The standard InChI is InChI=1S/C31H29FN4O3S/c1-4-39-30(38)25-24(19-14-16-22(17-15-19)36(2)3)26-28(33-27(25)20-10-6-5-7-11-20)34-31(35-29(26)37)40-18-21-12-8-9-13-23(21)32/h5-17,24H,4,18H2,1-3H3,(H2,33,34,35,37). The fourth-order valence-electron chi connectivity index (χ4n) is 4.69. The van der Waals surface area contributed by atoms with Gasteiger partial charge in [-0.15, -0.1) is 0 Å². The lowest BCUT2D eigenvalue weighted by atomic mass is 9.81. The SMILES string of the molecule is CCOC(=O)C1=C(c2ccccc2)Nc2nc(SCc3ccccc3F)[nH]c(=O)c2C1c1ccc(N(C)C)cc1. The molecule has 1 aliphatic rings. The minimum atomic E-state index is -0.733. The molecule has 0 bridgehead atoms. The zero-order valence-corrected chi connectivity index (χ0v) is 23.2.